The van der Waals surface area contributed by atoms with Crippen molar-refractivity contribution in [2.24, 2.45) is 0 Å². The minimum Gasteiger partial charge on any atom is -0.480 e. The normalized spacial score (nSPS) is 12.0. The highest BCUT2D eigenvalue weighted by Crippen LogP contribution is 2.16. The van der Waals surface area contributed by atoms with E-state index in [2.05, 4.69) is 5.32 Å². The van der Waals surface area contributed by atoms with Gasteiger partial charge in [0.15, 0.2) is 0 Å². The molecule has 2 N–H and O–H groups in total. The van der Waals surface area contributed by atoms with Gasteiger partial charge in [0.05, 0.1) is 0 Å². The Hall–Kier alpha value is -1.84. The lowest BCUT2D eigenvalue weighted by Gasteiger charge is -2.16. The molecular formula is C15H21NO3. The third-order valence-electron chi connectivity index (χ3n) is 3.08. The fourth-order valence-corrected chi connectivity index (χ4v) is 2.31. The predicted octanol–water partition coefficient (Wildman–Crippen LogP) is 2.59. The van der Waals surface area contributed by atoms with Gasteiger partial charge < -0.3 is 10.4 Å². The summed E-state index contributed by atoms with van der Waals surface area (Å²) in [5.41, 5.74) is 3.41. The van der Waals surface area contributed by atoms with Crippen LogP contribution in [-0.2, 0) is 4.79 Å². The van der Waals surface area contributed by atoms with Gasteiger partial charge in [-0.1, -0.05) is 31.0 Å². The first-order chi connectivity index (χ1) is 8.86. The quantitative estimate of drug-likeness (QED) is 0.858. The number of carboxylic acid groups (broad SMARTS) is 1. The highest BCUT2D eigenvalue weighted by atomic mass is 16.4. The van der Waals surface area contributed by atoms with E-state index >= 15 is 0 Å². The molecule has 1 rings (SSSR count). The van der Waals surface area contributed by atoms with Crippen molar-refractivity contribution in [3.63, 3.8) is 0 Å². The highest BCUT2D eigenvalue weighted by Gasteiger charge is 2.21. The maximum absolute atomic E-state index is 12.2. The second-order valence-electron chi connectivity index (χ2n) is 4.93. The average Bonchev–Trinajstić information content (AvgIpc) is 2.26. The minimum atomic E-state index is -0.988. The number of aliphatic carboxylic acids is 1. The molecule has 104 valence electrons. The van der Waals surface area contributed by atoms with Crippen molar-refractivity contribution in [3.05, 3.63) is 34.4 Å². The molecular weight excluding hydrogens is 242 g/mol. The van der Waals surface area contributed by atoms with E-state index in [1.54, 1.807) is 0 Å². The molecule has 0 aliphatic rings. The third kappa shape index (κ3) is 3.81. The smallest absolute Gasteiger partial charge is 0.326 e. The van der Waals surface area contributed by atoms with Gasteiger partial charge in [-0.3, -0.25) is 4.79 Å². The first-order valence-corrected chi connectivity index (χ1v) is 6.48. The zero-order chi connectivity index (χ0) is 14.6. The average molecular weight is 263 g/mol. The molecule has 0 heterocycles. The summed E-state index contributed by atoms with van der Waals surface area (Å²) in [6.07, 6.45) is 1.15. The molecule has 1 aromatic rings. The zero-order valence-electron chi connectivity index (χ0n) is 11.9. The van der Waals surface area contributed by atoms with Crippen molar-refractivity contribution in [2.75, 3.05) is 0 Å². The molecule has 4 nitrogen and oxygen atoms in total. The van der Waals surface area contributed by atoms with Crippen molar-refractivity contribution in [3.8, 4) is 0 Å². The fourth-order valence-electron chi connectivity index (χ4n) is 2.31. The van der Waals surface area contributed by atoms with Crippen LogP contribution in [0.2, 0.25) is 0 Å². The summed E-state index contributed by atoms with van der Waals surface area (Å²) in [4.78, 5) is 23.3. The van der Waals surface area contributed by atoms with Gasteiger partial charge in [0, 0.05) is 5.56 Å². The van der Waals surface area contributed by atoms with E-state index in [-0.39, 0.29) is 5.91 Å². The van der Waals surface area contributed by atoms with Gasteiger partial charge >= 0.3 is 5.97 Å². The summed E-state index contributed by atoms with van der Waals surface area (Å²) in [5, 5.41) is 11.7. The Bertz CT molecular complexity index is 471. The molecule has 4 heteroatoms. The van der Waals surface area contributed by atoms with E-state index in [0.29, 0.717) is 18.4 Å². The van der Waals surface area contributed by atoms with Gasteiger partial charge in [-0.25, -0.2) is 4.79 Å². The molecule has 0 radical (unpaired) electrons. The molecule has 0 fully saturated rings. The Morgan fingerprint density at radius 1 is 1.21 bits per heavy atom. The minimum absolute atomic E-state index is 0.309. The van der Waals surface area contributed by atoms with E-state index in [1.807, 2.05) is 39.8 Å². The number of carbonyl (C=O) groups is 2. The molecule has 0 aromatic heterocycles. The lowest BCUT2D eigenvalue weighted by Crippen LogP contribution is -2.41. The Balaban J connectivity index is 2.98. The number of hydrogen-bond acceptors (Lipinski definition) is 2. The van der Waals surface area contributed by atoms with Crippen LogP contribution in [0.1, 0.15) is 46.8 Å². The number of carbonyl (C=O) groups excluding carboxylic acids is 1. The molecule has 0 saturated carbocycles. The maximum atomic E-state index is 12.2. The number of nitrogens with one attached hydrogen (secondary N) is 1. The van der Waals surface area contributed by atoms with E-state index in [9.17, 15) is 9.59 Å². The standard InChI is InChI=1S/C15H21NO3/c1-5-6-12(15(18)19)16-14(17)13-10(3)7-9(2)8-11(13)4/h7-8,12H,5-6H2,1-4H3,(H,16,17)(H,18,19)/t12-/m0/s1. The van der Waals surface area contributed by atoms with Crippen LogP contribution < -0.4 is 5.32 Å². The number of rotatable bonds is 5. The monoisotopic (exact) mass is 263 g/mol. The van der Waals surface area contributed by atoms with Crippen LogP contribution in [0.15, 0.2) is 12.1 Å². The number of amides is 1. The van der Waals surface area contributed by atoms with Crippen LogP contribution in [0.25, 0.3) is 0 Å². The Labute approximate surface area is 113 Å². The molecule has 1 amide bonds. The van der Waals surface area contributed by atoms with Gasteiger partial charge in [0.25, 0.3) is 5.91 Å². The maximum Gasteiger partial charge on any atom is 0.326 e. The first-order valence-electron chi connectivity index (χ1n) is 6.48. The SMILES string of the molecule is CCC[C@H](NC(=O)c1c(C)cc(C)cc1C)C(=O)O. The van der Waals surface area contributed by atoms with Crippen molar-refractivity contribution in [2.45, 2.75) is 46.6 Å². The summed E-state index contributed by atoms with van der Waals surface area (Å²) >= 11 is 0. The van der Waals surface area contributed by atoms with E-state index in [1.165, 1.54) is 0 Å². The van der Waals surface area contributed by atoms with E-state index in [0.717, 1.165) is 16.7 Å². The Kier molecular flexibility index (Phi) is 5.10. The summed E-state index contributed by atoms with van der Waals surface area (Å²) in [6, 6.07) is 3.03. The van der Waals surface area contributed by atoms with Crippen LogP contribution in [0.5, 0.6) is 0 Å². The zero-order valence-corrected chi connectivity index (χ0v) is 11.9. The molecule has 0 aliphatic heterocycles. The second kappa shape index (κ2) is 6.36. The molecule has 0 spiro atoms. The highest BCUT2D eigenvalue weighted by molar-refractivity contribution is 5.99. The molecule has 19 heavy (non-hydrogen) atoms. The van der Waals surface area contributed by atoms with Crippen molar-refractivity contribution >= 4 is 11.9 Å². The number of aryl methyl sites for hydroxylation is 3. The lowest BCUT2D eigenvalue weighted by atomic mass is 9.98. The molecule has 0 bridgehead atoms. The number of hydrogen-bond donors (Lipinski definition) is 2. The first kappa shape index (κ1) is 15.2. The van der Waals surface area contributed by atoms with Gasteiger partial charge in [0.2, 0.25) is 0 Å². The predicted molar refractivity (Wildman–Crippen MR) is 74.5 cm³/mol. The third-order valence-corrected chi connectivity index (χ3v) is 3.08. The number of benzene rings is 1. The van der Waals surface area contributed by atoms with Crippen molar-refractivity contribution in [1.29, 1.82) is 0 Å². The molecule has 0 unspecified atom stereocenters. The summed E-state index contributed by atoms with van der Waals surface area (Å²) in [7, 11) is 0. The van der Waals surface area contributed by atoms with Crippen molar-refractivity contribution < 1.29 is 14.7 Å². The topological polar surface area (TPSA) is 66.4 Å². The van der Waals surface area contributed by atoms with Crippen LogP contribution in [0.4, 0.5) is 0 Å². The van der Waals surface area contributed by atoms with Crippen LogP contribution in [0, 0.1) is 20.8 Å². The lowest BCUT2D eigenvalue weighted by molar-refractivity contribution is -0.139. The van der Waals surface area contributed by atoms with Crippen LogP contribution >= 0.6 is 0 Å². The second-order valence-corrected chi connectivity index (χ2v) is 4.93. The van der Waals surface area contributed by atoms with Crippen LogP contribution in [-0.4, -0.2) is 23.0 Å². The van der Waals surface area contributed by atoms with E-state index < -0.39 is 12.0 Å². The van der Waals surface area contributed by atoms with Gasteiger partial charge in [-0.15, -0.1) is 0 Å². The Morgan fingerprint density at radius 2 is 1.74 bits per heavy atom. The molecule has 0 saturated heterocycles. The van der Waals surface area contributed by atoms with Gasteiger partial charge in [-0.2, -0.15) is 0 Å². The largest absolute Gasteiger partial charge is 0.480 e. The fraction of sp³-hybridized carbons (Fsp3) is 0.467. The molecule has 1 aromatic carbocycles. The van der Waals surface area contributed by atoms with Crippen LogP contribution in [0.3, 0.4) is 0 Å². The summed E-state index contributed by atoms with van der Waals surface area (Å²) in [5.74, 6) is -1.30. The van der Waals surface area contributed by atoms with Gasteiger partial charge in [0.1, 0.15) is 6.04 Å². The van der Waals surface area contributed by atoms with E-state index in [4.69, 9.17) is 5.11 Å². The molecule has 0 aliphatic carbocycles. The molecule has 1 atom stereocenters. The summed E-state index contributed by atoms with van der Waals surface area (Å²) < 4.78 is 0. The van der Waals surface area contributed by atoms with Crippen molar-refractivity contribution in [1.82, 2.24) is 5.32 Å². The summed E-state index contributed by atoms with van der Waals surface area (Å²) in [6.45, 7) is 7.60. The number of carboxylic acids is 1. The van der Waals surface area contributed by atoms with Gasteiger partial charge in [-0.05, 0) is 38.3 Å². The Morgan fingerprint density at radius 3 is 2.16 bits per heavy atom.